The maximum atomic E-state index is 14.0. The van der Waals surface area contributed by atoms with Crippen molar-refractivity contribution in [2.24, 2.45) is 0 Å². The molecule has 0 saturated carbocycles. The molecule has 2 fully saturated rings. The van der Waals surface area contributed by atoms with Crippen molar-refractivity contribution in [3.05, 3.63) is 102 Å². The van der Waals surface area contributed by atoms with Crippen molar-refractivity contribution in [3.8, 4) is 5.75 Å². The van der Waals surface area contributed by atoms with E-state index in [1.54, 1.807) is 0 Å². The summed E-state index contributed by atoms with van der Waals surface area (Å²) in [4.78, 5) is 30.8. The van der Waals surface area contributed by atoms with E-state index < -0.39 is 5.54 Å². The maximum Gasteiger partial charge on any atom is 0.326 e. The zero-order chi connectivity index (χ0) is 23.5. The first kappa shape index (κ1) is 22.2. The number of nitrogens with one attached hydrogen (secondary N) is 1. The zero-order valence-electron chi connectivity index (χ0n) is 19.3. The Balaban J connectivity index is 1.43. The molecule has 2 heterocycles. The molecule has 6 nitrogen and oxygen atoms in total. The minimum Gasteiger partial charge on any atom is -0.494 e. The SMILES string of the molecule is CCOc1ccc([C@@H]2CCCN2CN2C(=O)NC(c3ccccc3)(c3ccccc3)C2=O)cc1. The smallest absolute Gasteiger partial charge is 0.326 e. The lowest BCUT2D eigenvalue weighted by molar-refractivity contribution is -0.131. The average molecular weight is 456 g/mol. The van der Waals surface area contributed by atoms with Gasteiger partial charge in [0.25, 0.3) is 5.91 Å². The number of hydrogen-bond acceptors (Lipinski definition) is 4. The molecule has 1 N–H and O–H groups in total. The van der Waals surface area contributed by atoms with Crippen molar-refractivity contribution in [2.75, 3.05) is 19.8 Å². The number of benzene rings is 3. The number of likely N-dealkylation sites (tertiary alicyclic amines) is 1. The molecule has 0 aromatic heterocycles. The number of nitrogens with zero attached hydrogens (tertiary/aromatic N) is 2. The minimum atomic E-state index is -1.23. The van der Waals surface area contributed by atoms with Gasteiger partial charge in [0.05, 0.1) is 13.3 Å². The monoisotopic (exact) mass is 455 g/mol. The van der Waals surface area contributed by atoms with Gasteiger partial charge in [0.2, 0.25) is 0 Å². The molecule has 5 rings (SSSR count). The lowest BCUT2D eigenvalue weighted by Gasteiger charge is -2.30. The van der Waals surface area contributed by atoms with Crippen molar-refractivity contribution in [1.82, 2.24) is 15.1 Å². The van der Waals surface area contributed by atoms with Gasteiger partial charge in [-0.05, 0) is 48.6 Å². The number of rotatable bonds is 7. The van der Waals surface area contributed by atoms with Gasteiger partial charge >= 0.3 is 6.03 Å². The van der Waals surface area contributed by atoms with Crippen LogP contribution in [0.2, 0.25) is 0 Å². The Morgan fingerprint density at radius 1 is 0.912 bits per heavy atom. The molecule has 6 heteroatoms. The van der Waals surface area contributed by atoms with Gasteiger partial charge < -0.3 is 10.1 Å². The van der Waals surface area contributed by atoms with E-state index in [1.807, 2.05) is 79.7 Å². The van der Waals surface area contributed by atoms with E-state index >= 15 is 0 Å². The summed E-state index contributed by atoms with van der Waals surface area (Å²) in [6.07, 6.45) is 2.00. The molecule has 3 aromatic carbocycles. The van der Waals surface area contributed by atoms with Crippen molar-refractivity contribution < 1.29 is 14.3 Å². The highest BCUT2D eigenvalue weighted by Gasteiger charge is 2.54. The Morgan fingerprint density at radius 3 is 2.12 bits per heavy atom. The van der Waals surface area contributed by atoms with Crippen molar-refractivity contribution in [2.45, 2.75) is 31.3 Å². The minimum absolute atomic E-state index is 0.153. The molecule has 0 bridgehead atoms. The highest BCUT2D eigenvalue weighted by molar-refractivity contribution is 6.09. The van der Waals surface area contributed by atoms with E-state index in [9.17, 15) is 9.59 Å². The van der Waals surface area contributed by atoms with E-state index in [0.717, 1.165) is 36.3 Å². The van der Waals surface area contributed by atoms with E-state index in [4.69, 9.17) is 4.74 Å². The van der Waals surface area contributed by atoms with Crippen LogP contribution in [0.25, 0.3) is 0 Å². The van der Waals surface area contributed by atoms with Crippen LogP contribution in [-0.4, -0.2) is 41.6 Å². The Bertz CT molecular complexity index is 1110. The summed E-state index contributed by atoms with van der Waals surface area (Å²) in [5, 5.41) is 3.04. The van der Waals surface area contributed by atoms with E-state index in [2.05, 4.69) is 22.3 Å². The van der Waals surface area contributed by atoms with Crippen LogP contribution in [0.5, 0.6) is 5.75 Å². The van der Waals surface area contributed by atoms with E-state index in [1.165, 1.54) is 10.5 Å². The molecular formula is C28H29N3O3. The molecule has 174 valence electrons. The van der Waals surface area contributed by atoms with Crippen LogP contribution in [0.3, 0.4) is 0 Å². The normalized spacial score (nSPS) is 19.9. The van der Waals surface area contributed by atoms with Crippen LogP contribution in [0.4, 0.5) is 4.79 Å². The van der Waals surface area contributed by atoms with Gasteiger partial charge in [0.1, 0.15) is 5.75 Å². The molecule has 0 aliphatic carbocycles. The van der Waals surface area contributed by atoms with Crippen LogP contribution in [0, 0.1) is 0 Å². The molecule has 0 unspecified atom stereocenters. The summed E-state index contributed by atoms with van der Waals surface area (Å²) < 4.78 is 5.57. The Kier molecular flexibility index (Phi) is 6.07. The van der Waals surface area contributed by atoms with Gasteiger partial charge in [-0.25, -0.2) is 9.69 Å². The topological polar surface area (TPSA) is 61.9 Å². The number of hydrogen-bond donors (Lipinski definition) is 1. The van der Waals surface area contributed by atoms with Gasteiger partial charge in [-0.2, -0.15) is 0 Å². The van der Waals surface area contributed by atoms with Crippen molar-refractivity contribution >= 4 is 11.9 Å². The molecule has 3 amide bonds. The van der Waals surface area contributed by atoms with E-state index in [0.29, 0.717) is 6.61 Å². The predicted octanol–water partition coefficient (Wildman–Crippen LogP) is 4.68. The van der Waals surface area contributed by atoms with Gasteiger partial charge in [-0.15, -0.1) is 0 Å². The third-order valence-corrected chi connectivity index (χ3v) is 6.78. The highest BCUT2D eigenvalue weighted by atomic mass is 16.5. The van der Waals surface area contributed by atoms with Crippen LogP contribution >= 0.6 is 0 Å². The fourth-order valence-electron chi connectivity index (χ4n) is 5.15. The zero-order valence-corrected chi connectivity index (χ0v) is 19.3. The number of urea groups is 1. The molecule has 0 radical (unpaired) electrons. The summed E-state index contributed by atoms with van der Waals surface area (Å²) in [7, 11) is 0. The fraction of sp³-hybridized carbons (Fsp3) is 0.286. The fourth-order valence-corrected chi connectivity index (χ4v) is 5.15. The third kappa shape index (κ3) is 3.84. The van der Waals surface area contributed by atoms with Gasteiger partial charge in [-0.1, -0.05) is 72.8 Å². The Morgan fingerprint density at radius 2 is 1.53 bits per heavy atom. The summed E-state index contributed by atoms with van der Waals surface area (Å²) in [6, 6.07) is 26.9. The third-order valence-electron chi connectivity index (χ3n) is 6.78. The Labute approximate surface area is 200 Å². The van der Waals surface area contributed by atoms with E-state index in [-0.39, 0.29) is 24.6 Å². The number of carbonyl (C=O) groups is 2. The molecule has 0 spiro atoms. The molecule has 2 aliphatic heterocycles. The van der Waals surface area contributed by atoms with Crippen molar-refractivity contribution in [3.63, 3.8) is 0 Å². The molecular weight excluding hydrogens is 426 g/mol. The molecule has 2 aliphatic rings. The van der Waals surface area contributed by atoms with Crippen LogP contribution in [0.15, 0.2) is 84.9 Å². The number of amides is 3. The maximum absolute atomic E-state index is 14.0. The van der Waals surface area contributed by atoms with Crippen molar-refractivity contribution in [1.29, 1.82) is 0 Å². The number of ether oxygens (including phenoxy) is 1. The first-order chi connectivity index (χ1) is 16.6. The second-order valence-electron chi connectivity index (χ2n) is 8.76. The lowest BCUT2D eigenvalue weighted by atomic mass is 9.83. The van der Waals surface area contributed by atoms with Gasteiger partial charge in [-0.3, -0.25) is 9.69 Å². The van der Waals surface area contributed by atoms with Gasteiger partial charge in [0, 0.05) is 12.6 Å². The predicted molar refractivity (Wildman–Crippen MR) is 130 cm³/mol. The first-order valence-electron chi connectivity index (χ1n) is 11.9. The van der Waals surface area contributed by atoms with Crippen LogP contribution < -0.4 is 10.1 Å². The van der Waals surface area contributed by atoms with Gasteiger partial charge in [0.15, 0.2) is 5.54 Å². The summed E-state index contributed by atoms with van der Waals surface area (Å²) in [5.41, 5.74) is 1.46. The number of carbonyl (C=O) groups excluding carboxylic acids is 2. The molecule has 1 atom stereocenters. The van der Waals surface area contributed by atoms with Crippen LogP contribution in [0.1, 0.15) is 42.5 Å². The average Bonchev–Trinajstić information content (AvgIpc) is 3.44. The molecule has 34 heavy (non-hydrogen) atoms. The summed E-state index contributed by atoms with van der Waals surface area (Å²) >= 11 is 0. The lowest BCUT2D eigenvalue weighted by Crippen LogP contribution is -2.46. The highest BCUT2D eigenvalue weighted by Crippen LogP contribution is 2.38. The Hall–Kier alpha value is -3.64. The molecule has 2 saturated heterocycles. The largest absolute Gasteiger partial charge is 0.494 e. The number of imide groups is 1. The summed E-state index contributed by atoms with van der Waals surface area (Å²) in [6.45, 7) is 3.68. The second kappa shape index (κ2) is 9.31. The summed E-state index contributed by atoms with van der Waals surface area (Å²) in [5.74, 6) is 0.604. The second-order valence-corrected chi connectivity index (χ2v) is 8.76. The molecule has 3 aromatic rings. The van der Waals surface area contributed by atoms with Crippen LogP contribution in [-0.2, 0) is 10.3 Å². The quantitative estimate of drug-likeness (QED) is 0.526. The standard InChI is InChI=1S/C28H29N3O3/c1-2-34-24-17-15-21(16-18-24)25-14-9-19-30(25)20-31-26(32)28(29-27(31)33,22-10-5-3-6-11-22)23-12-7-4-8-13-23/h3-8,10-13,15-18,25H,2,9,14,19-20H2,1H3,(H,29,33)/t25-/m0/s1. The first-order valence-corrected chi connectivity index (χ1v) is 11.9.